The molecule has 9 heteroatoms. The Morgan fingerprint density at radius 3 is 1.96 bits per heavy atom. The number of anilines is 4. The molecule has 0 radical (unpaired) electrons. The average molecular weight is 348 g/mol. The van der Waals surface area contributed by atoms with Crippen LogP contribution in [-0.4, -0.2) is 57.3 Å². The van der Waals surface area contributed by atoms with E-state index in [1.807, 2.05) is 0 Å². The van der Waals surface area contributed by atoms with Crippen LogP contribution in [0.1, 0.15) is 34.1 Å². The van der Waals surface area contributed by atoms with E-state index in [9.17, 15) is 5.11 Å². The van der Waals surface area contributed by atoms with Gasteiger partial charge in [0.25, 0.3) is 0 Å². The second-order valence-electron chi connectivity index (χ2n) is 6.61. The molecule has 0 amide bonds. The zero-order chi connectivity index (χ0) is 18.6. The lowest BCUT2D eigenvalue weighted by molar-refractivity contribution is 0.0944. The van der Waals surface area contributed by atoms with Crippen molar-refractivity contribution in [2.75, 3.05) is 41.9 Å². The van der Waals surface area contributed by atoms with Gasteiger partial charge in [0.1, 0.15) is 11.0 Å². The second kappa shape index (κ2) is 7.64. The van der Waals surface area contributed by atoms with Crippen LogP contribution < -0.4 is 21.3 Å². The van der Waals surface area contributed by atoms with Gasteiger partial charge in [-0.1, -0.05) is 6.92 Å². The number of rotatable bonds is 8. The molecule has 0 unspecified atom stereocenters. The van der Waals surface area contributed by atoms with Gasteiger partial charge in [0, 0.05) is 26.7 Å². The number of nitrogens with one attached hydrogen (secondary N) is 4. The van der Waals surface area contributed by atoms with Gasteiger partial charge >= 0.3 is 0 Å². The maximum atomic E-state index is 10.0. The number of hydrogen-bond donors (Lipinski definition) is 5. The van der Waals surface area contributed by atoms with E-state index in [0.29, 0.717) is 41.1 Å². The summed E-state index contributed by atoms with van der Waals surface area (Å²) in [6.45, 7) is 7.97. The SMILES string of the molecule is CC[C@@H](C)Nc1nc(NC)nc2c(NCC(C)(C)O)nc(NC)nc12. The molecule has 0 bridgehead atoms. The quantitative estimate of drug-likeness (QED) is 0.487. The molecule has 9 nitrogen and oxygen atoms in total. The number of aliphatic hydroxyl groups is 1. The van der Waals surface area contributed by atoms with Crippen molar-refractivity contribution >= 4 is 34.6 Å². The van der Waals surface area contributed by atoms with E-state index in [1.165, 1.54) is 0 Å². The minimum Gasteiger partial charge on any atom is -0.389 e. The third kappa shape index (κ3) is 4.79. The molecule has 0 aromatic carbocycles. The Bertz CT molecular complexity index is 728. The topological polar surface area (TPSA) is 120 Å². The van der Waals surface area contributed by atoms with E-state index in [2.05, 4.69) is 55.1 Å². The summed E-state index contributed by atoms with van der Waals surface area (Å²) < 4.78 is 0. The second-order valence-corrected chi connectivity index (χ2v) is 6.61. The Morgan fingerprint density at radius 1 is 0.960 bits per heavy atom. The molecule has 138 valence electrons. The number of fused-ring (bicyclic) bond motifs is 1. The van der Waals surface area contributed by atoms with E-state index < -0.39 is 5.60 Å². The number of hydrogen-bond acceptors (Lipinski definition) is 9. The van der Waals surface area contributed by atoms with Gasteiger partial charge in [-0.3, -0.25) is 0 Å². The predicted octanol–water partition coefficient (Wildman–Crippen LogP) is 1.90. The molecule has 0 saturated heterocycles. The third-order valence-electron chi connectivity index (χ3n) is 3.67. The highest BCUT2D eigenvalue weighted by Gasteiger charge is 2.19. The smallest absolute Gasteiger partial charge is 0.225 e. The van der Waals surface area contributed by atoms with Crippen LogP contribution in [0.15, 0.2) is 0 Å². The fourth-order valence-electron chi connectivity index (χ4n) is 2.10. The van der Waals surface area contributed by atoms with E-state index >= 15 is 0 Å². The lowest BCUT2D eigenvalue weighted by Crippen LogP contribution is -2.30. The summed E-state index contributed by atoms with van der Waals surface area (Å²) in [5.41, 5.74) is 0.332. The molecule has 0 aliphatic carbocycles. The highest BCUT2D eigenvalue weighted by Crippen LogP contribution is 2.27. The first-order valence-corrected chi connectivity index (χ1v) is 8.45. The van der Waals surface area contributed by atoms with Gasteiger partial charge in [-0.05, 0) is 27.2 Å². The van der Waals surface area contributed by atoms with Crippen molar-refractivity contribution in [2.45, 2.75) is 45.8 Å². The Morgan fingerprint density at radius 2 is 1.48 bits per heavy atom. The third-order valence-corrected chi connectivity index (χ3v) is 3.67. The summed E-state index contributed by atoms with van der Waals surface area (Å²) in [6.07, 6.45) is 0.953. The lowest BCUT2D eigenvalue weighted by Gasteiger charge is -2.20. The van der Waals surface area contributed by atoms with Crippen LogP contribution in [0.4, 0.5) is 23.5 Å². The van der Waals surface area contributed by atoms with Gasteiger partial charge in [0.15, 0.2) is 11.6 Å². The van der Waals surface area contributed by atoms with Crippen LogP contribution in [0.25, 0.3) is 11.0 Å². The van der Waals surface area contributed by atoms with E-state index in [4.69, 9.17) is 0 Å². The van der Waals surface area contributed by atoms with Gasteiger partial charge in [-0.2, -0.15) is 9.97 Å². The zero-order valence-electron chi connectivity index (χ0n) is 15.7. The van der Waals surface area contributed by atoms with Crippen LogP contribution >= 0.6 is 0 Å². The minimum atomic E-state index is -0.881. The largest absolute Gasteiger partial charge is 0.389 e. The van der Waals surface area contributed by atoms with E-state index in [1.54, 1.807) is 27.9 Å². The molecule has 2 aromatic rings. The molecule has 25 heavy (non-hydrogen) atoms. The summed E-state index contributed by atoms with van der Waals surface area (Å²) in [5, 5.41) is 22.5. The zero-order valence-corrected chi connectivity index (χ0v) is 15.7. The fourth-order valence-corrected chi connectivity index (χ4v) is 2.10. The normalized spacial score (nSPS) is 12.8. The summed E-state index contributed by atoms with van der Waals surface area (Å²) >= 11 is 0. The van der Waals surface area contributed by atoms with Crippen LogP contribution in [0.3, 0.4) is 0 Å². The summed E-state index contributed by atoms with van der Waals surface area (Å²) in [7, 11) is 3.52. The standard InChI is InChI=1S/C16H28N8O/c1-7-9(2)20-13-11-10(21-15(18-6)24-13)12(19-8-16(3,4)25)23-14(17-5)22-11/h9,25H,7-8H2,1-6H3,(H2,17,19,22,23)(H2,18,20,21,24)/t9-/m1/s1. The van der Waals surface area contributed by atoms with Crippen molar-refractivity contribution in [1.29, 1.82) is 0 Å². The van der Waals surface area contributed by atoms with Crippen molar-refractivity contribution in [2.24, 2.45) is 0 Å². The predicted molar refractivity (Wildman–Crippen MR) is 102 cm³/mol. The highest BCUT2D eigenvalue weighted by atomic mass is 16.3. The Hall–Kier alpha value is -2.42. The van der Waals surface area contributed by atoms with Crippen molar-refractivity contribution in [3.63, 3.8) is 0 Å². The molecule has 1 atom stereocenters. The van der Waals surface area contributed by atoms with Crippen molar-refractivity contribution in [1.82, 2.24) is 19.9 Å². The van der Waals surface area contributed by atoms with Crippen molar-refractivity contribution in [3.8, 4) is 0 Å². The monoisotopic (exact) mass is 348 g/mol. The summed E-state index contributed by atoms with van der Waals surface area (Å²) in [4.78, 5) is 18.0. The van der Waals surface area contributed by atoms with Gasteiger partial charge in [-0.25, -0.2) is 9.97 Å². The van der Waals surface area contributed by atoms with Crippen LogP contribution in [0.5, 0.6) is 0 Å². The van der Waals surface area contributed by atoms with Gasteiger partial charge in [-0.15, -0.1) is 0 Å². The van der Waals surface area contributed by atoms with Gasteiger partial charge < -0.3 is 26.4 Å². The van der Waals surface area contributed by atoms with Gasteiger partial charge in [0.05, 0.1) is 5.60 Å². The Labute approximate surface area is 148 Å². The first-order chi connectivity index (χ1) is 11.8. The van der Waals surface area contributed by atoms with Gasteiger partial charge in [0.2, 0.25) is 11.9 Å². The van der Waals surface area contributed by atoms with Crippen molar-refractivity contribution in [3.05, 3.63) is 0 Å². The molecule has 0 aliphatic heterocycles. The molecule has 2 heterocycles. The molecular weight excluding hydrogens is 320 g/mol. The first kappa shape index (κ1) is 18.9. The molecule has 0 fully saturated rings. The molecule has 0 spiro atoms. The fraction of sp³-hybridized carbons (Fsp3) is 0.625. The maximum absolute atomic E-state index is 10.0. The first-order valence-electron chi connectivity index (χ1n) is 8.45. The van der Waals surface area contributed by atoms with E-state index in [-0.39, 0.29) is 6.04 Å². The van der Waals surface area contributed by atoms with Crippen LogP contribution in [0.2, 0.25) is 0 Å². The average Bonchev–Trinajstić information content (AvgIpc) is 2.58. The number of aromatic nitrogens is 4. The summed E-state index contributed by atoms with van der Waals surface area (Å²) in [6, 6.07) is 0.239. The molecule has 5 N–H and O–H groups in total. The molecule has 2 aromatic heterocycles. The minimum absolute atomic E-state index is 0.239. The maximum Gasteiger partial charge on any atom is 0.225 e. The highest BCUT2D eigenvalue weighted by molar-refractivity contribution is 5.94. The molecular formula is C16H28N8O. The Balaban J connectivity index is 2.60. The number of nitrogens with zero attached hydrogens (tertiary/aromatic N) is 4. The lowest BCUT2D eigenvalue weighted by atomic mass is 10.1. The van der Waals surface area contributed by atoms with E-state index in [0.717, 1.165) is 6.42 Å². The van der Waals surface area contributed by atoms with Crippen LogP contribution in [0, 0.1) is 0 Å². The molecule has 0 aliphatic rings. The van der Waals surface area contributed by atoms with Crippen molar-refractivity contribution < 1.29 is 5.11 Å². The molecule has 0 saturated carbocycles. The van der Waals surface area contributed by atoms with Crippen LogP contribution in [-0.2, 0) is 0 Å². The molecule has 2 rings (SSSR count). The summed E-state index contributed by atoms with van der Waals surface area (Å²) in [5.74, 6) is 2.13. The Kier molecular flexibility index (Phi) is 5.78.